The summed E-state index contributed by atoms with van der Waals surface area (Å²) in [4.78, 5) is 17.7. The number of amides is 1. The molecule has 0 N–H and O–H groups in total. The van der Waals surface area contributed by atoms with Crippen LogP contribution >= 0.6 is 11.3 Å². The molecule has 0 unspecified atom stereocenters. The second-order valence-corrected chi connectivity index (χ2v) is 12.7. The van der Waals surface area contributed by atoms with Crippen LogP contribution in [0.2, 0.25) is 0 Å². The SMILES string of the molecule is CCCN(CCC)S(=O)(=O)c1ccc(C(=O)N=c2sc3cc(S(C)(=O)=O)ccc3n2C)cc1. The van der Waals surface area contributed by atoms with Crippen molar-refractivity contribution in [3.05, 3.63) is 52.8 Å². The van der Waals surface area contributed by atoms with E-state index in [9.17, 15) is 21.6 Å². The van der Waals surface area contributed by atoms with Gasteiger partial charge in [0.15, 0.2) is 14.6 Å². The molecule has 0 aliphatic carbocycles. The van der Waals surface area contributed by atoms with Crippen LogP contribution in [0.25, 0.3) is 10.2 Å². The molecule has 0 aliphatic heterocycles. The van der Waals surface area contributed by atoms with Crippen molar-refractivity contribution in [3.63, 3.8) is 0 Å². The Morgan fingerprint density at radius 1 is 0.970 bits per heavy atom. The van der Waals surface area contributed by atoms with Gasteiger partial charge in [0.1, 0.15) is 0 Å². The van der Waals surface area contributed by atoms with Crippen molar-refractivity contribution in [1.29, 1.82) is 0 Å². The number of aryl methyl sites for hydroxylation is 1. The summed E-state index contributed by atoms with van der Waals surface area (Å²) in [6.45, 7) is 4.74. The van der Waals surface area contributed by atoms with Gasteiger partial charge in [0, 0.05) is 32.0 Å². The lowest BCUT2D eigenvalue weighted by atomic mass is 10.2. The second-order valence-electron chi connectivity index (χ2n) is 7.69. The van der Waals surface area contributed by atoms with Crippen LogP contribution in [0.15, 0.2) is 57.2 Å². The lowest BCUT2D eigenvalue weighted by Crippen LogP contribution is -2.32. The third-order valence-electron chi connectivity index (χ3n) is 5.09. The first-order valence-electron chi connectivity index (χ1n) is 10.5. The molecule has 0 fully saturated rings. The summed E-state index contributed by atoms with van der Waals surface area (Å²) in [6, 6.07) is 10.6. The maximum atomic E-state index is 12.9. The van der Waals surface area contributed by atoms with Gasteiger partial charge in [-0.3, -0.25) is 4.79 Å². The van der Waals surface area contributed by atoms with Gasteiger partial charge in [0.25, 0.3) is 5.91 Å². The standard InChI is InChI=1S/C22H27N3O5S3/c1-5-13-25(14-6-2)33(29,30)17-9-7-16(8-10-17)21(26)23-22-24(3)19-12-11-18(32(4,27)28)15-20(19)31-22/h7-12,15H,5-6,13-14H2,1-4H3. The van der Waals surface area contributed by atoms with Crippen LogP contribution < -0.4 is 4.80 Å². The summed E-state index contributed by atoms with van der Waals surface area (Å²) in [6.07, 6.45) is 2.57. The first-order chi connectivity index (χ1) is 15.5. The fourth-order valence-electron chi connectivity index (χ4n) is 3.37. The molecule has 1 aromatic heterocycles. The molecule has 1 amide bonds. The van der Waals surface area contributed by atoms with E-state index in [0.717, 1.165) is 11.8 Å². The number of carbonyl (C=O) groups is 1. The highest BCUT2D eigenvalue weighted by Crippen LogP contribution is 2.22. The molecule has 1 heterocycles. The second kappa shape index (κ2) is 9.88. The number of nitrogens with zero attached hydrogens (tertiary/aromatic N) is 3. The summed E-state index contributed by atoms with van der Waals surface area (Å²) in [5.41, 5.74) is 1.02. The van der Waals surface area contributed by atoms with Gasteiger partial charge < -0.3 is 4.57 Å². The molecular weight excluding hydrogens is 482 g/mol. The zero-order valence-electron chi connectivity index (χ0n) is 19.0. The molecular formula is C22H27N3O5S3. The van der Waals surface area contributed by atoms with E-state index in [1.54, 1.807) is 23.7 Å². The van der Waals surface area contributed by atoms with Gasteiger partial charge in [0.05, 0.1) is 20.0 Å². The number of aromatic nitrogens is 1. The minimum atomic E-state index is -3.63. The predicted octanol–water partition coefficient (Wildman–Crippen LogP) is 3.20. The molecule has 11 heteroatoms. The van der Waals surface area contributed by atoms with E-state index in [1.165, 1.54) is 46.0 Å². The van der Waals surface area contributed by atoms with Gasteiger partial charge in [-0.05, 0) is 55.3 Å². The molecule has 33 heavy (non-hydrogen) atoms. The first-order valence-corrected chi connectivity index (χ1v) is 14.6. The van der Waals surface area contributed by atoms with Gasteiger partial charge in [-0.1, -0.05) is 25.2 Å². The summed E-state index contributed by atoms with van der Waals surface area (Å²) in [7, 11) is -5.23. The van der Waals surface area contributed by atoms with Crippen molar-refractivity contribution in [2.45, 2.75) is 36.5 Å². The molecule has 0 atom stereocenters. The van der Waals surface area contributed by atoms with Crippen molar-refractivity contribution in [2.75, 3.05) is 19.3 Å². The average Bonchev–Trinajstić information content (AvgIpc) is 3.07. The molecule has 0 saturated heterocycles. The molecule has 2 aromatic carbocycles. The van der Waals surface area contributed by atoms with Crippen LogP contribution in [-0.2, 0) is 26.9 Å². The van der Waals surface area contributed by atoms with E-state index in [-0.39, 0.29) is 15.4 Å². The number of benzene rings is 2. The maximum Gasteiger partial charge on any atom is 0.279 e. The molecule has 0 aliphatic rings. The fourth-order valence-corrected chi connectivity index (χ4v) is 6.77. The molecule has 0 radical (unpaired) electrons. The minimum Gasteiger partial charge on any atom is -0.319 e. The Bertz CT molecular complexity index is 1450. The summed E-state index contributed by atoms with van der Waals surface area (Å²) >= 11 is 1.21. The molecule has 3 aromatic rings. The van der Waals surface area contributed by atoms with Crippen molar-refractivity contribution < 1.29 is 21.6 Å². The highest BCUT2D eigenvalue weighted by molar-refractivity contribution is 7.90. The lowest BCUT2D eigenvalue weighted by molar-refractivity contribution is 0.0998. The van der Waals surface area contributed by atoms with Gasteiger partial charge >= 0.3 is 0 Å². The Morgan fingerprint density at radius 2 is 1.55 bits per heavy atom. The average molecular weight is 510 g/mol. The van der Waals surface area contributed by atoms with Crippen LogP contribution in [0, 0.1) is 0 Å². The summed E-state index contributed by atoms with van der Waals surface area (Å²) in [5.74, 6) is -0.511. The van der Waals surface area contributed by atoms with Crippen molar-refractivity contribution in [1.82, 2.24) is 8.87 Å². The topological polar surface area (TPSA) is 106 Å². The molecule has 0 spiro atoms. The number of sulfone groups is 1. The quantitative estimate of drug-likeness (QED) is 0.464. The van der Waals surface area contributed by atoms with E-state index >= 15 is 0 Å². The normalized spacial score (nSPS) is 13.2. The third kappa shape index (κ3) is 5.43. The predicted molar refractivity (Wildman–Crippen MR) is 130 cm³/mol. The number of thiazole rings is 1. The van der Waals surface area contributed by atoms with E-state index in [0.29, 0.717) is 35.4 Å². The minimum absolute atomic E-state index is 0.140. The lowest BCUT2D eigenvalue weighted by Gasteiger charge is -2.21. The maximum absolute atomic E-state index is 12.9. The summed E-state index contributed by atoms with van der Waals surface area (Å²) < 4.78 is 53.3. The van der Waals surface area contributed by atoms with E-state index in [1.807, 2.05) is 13.8 Å². The van der Waals surface area contributed by atoms with Crippen LogP contribution in [0.3, 0.4) is 0 Å². The number of carbonyl (C=O) groups excluding carboxylic acids is 1. The molecule has 0 bridgehead atoms. The Balaban J connectivity index is 1.93. The van der Waals surface area contributed by atoms with Gasteiger partial charge in [-0.25, -0.2) is 16.8 Å². The molecule has 178 valence electrons. The molecule has 0 saturated carbocycles. The Morgan fingerprint density at radius 3 is 2.09 bits per heavy atom. The van der Waals surface area contributed by atoms with Crippen molar-refractivity contribution in [3.8, 4) is 0 Å². The van der Waals surface area contributed by atoms with Crippen LogP contribution in [0.4, 0.5) is 0 Å². The van der Waals surface area contributed by atoms with Gasteiger partial charge in [-0.15, -0.1) is 0 Å². The highest BCUT2D eigenvalue weighted by atomic mass is 32.2. The van der Waals surface area contributed by atoms with Crippen LogP contribution in [-0.4, -0.2) is 51.0 Å². The number of fused-ring (bicyclic) bond motifs is 1. The van der Waals surface area contributed by atoms with Crippen molar-refractivity contribution in [2.24, 2.45) is 12.0 Å². The van der Waals surface area contributed by atoms with E-state index in [4.69, 9.17) is 0 Å². The van der Waals surface area contributed by atoms with Crippen molar-refractivity contribution >= 4 is 47.3 Å². The largest absolute Gasteiger partial charge is 0.319 e. The number of sulfonamides is 1. The van der Waals surface area contributed by atoms with Crippen LogP contribution in [0.5, 0.6) is 0 Å². The molecule has 3 rings (SSSR count). The zero-order chi connectivity index (χ0) is 24.4. The smallest absolute Gasteiger partial charge is 0.279 e. The monoisotopic (exact) mass is 509 g/mol. The zero-order valence-corrected chi connectivity index (χ0v) is 21.4. The molecule has 8 nitrogen and oxygen atoms in total. The Kier molecular flexibility index (Phi) is 7.57. The van der Waals surface area contributed by atoms with Gasteiger partial charge in [-0.2, -0.15) is 9.30 Å². The summed E-state index contributed by atoms with van der Waals surface area (Å²) in [5, 5.41) is 0. The Labute approximate surface area is 198 Å². The number of hydrogen-bond acceptors (Lipinski definition) is 6. The number of hydrogen-bond donors (Lipinski definition) is 0. The fraction of sp³-hybridized carbons (Fsp3) is 0.364. The van der Waals surface area contributed by atoms with E-state index in [2.05, 4.69) is 4.99 Å². The van der Waals surface area contributed by atoms with Gasteiger partial charge in [0.2, 0.25) is 10.0 Å². The van der Waals surface area contributed by atoms with E-state index < -0.39 is 25.8 Å². The third-order valence-corrected chi connectivity index (χ3v) is 9.21. The first kappa shape index (κ1) is 25.3. The number of rotatable bonds is 8. The highest BCUT2D eigenvalue weighted by Gasteiger charge is 2.23. The van der Waals surface area contributed by atoms with Crippen LogP contribution in [0.1, 0.15) is 37.0 Å². The Hall–Kier alpha value is -2.34.